The van der Waals surface area contributed by atoms with Crippen molar-refractivity contribution in [2.75, 3.05) is 19.0 Å². The Morgan fingerprint density at radius 2 is 2.29 bits per heavy atom. The summed E-state index contributed by atoms with van der Waals surface area (Å²) in [4.78, 5) is 15.1. The van der Waals surface area contributed by atoms with Gasteiger partial charge >= 0.3 is 0 Å². The van der Waals surface area contributed by atoms with Crippen molar-refractivity contribution < 1.29 is 9.66 Å². The first-order valence-corrected chi connectivity index (χ1v) is 7.35. The summed E-state index contributed by atoms with van der Waals surface area (Å²) >= 11 is 1.47. The number of thiazole rings is 1. The minimum atomic E-state index is -0.370. The van der Waals surface area contributed by atoms with Gasteiger partial charge in [0.1, 0.15) is 0 Å². The Bertz CT molecular complexity index is 642. The average Bonchev–Trinajstić information content (AvgIpc) is 2.87. The largest absolute Gasteiger partial charge is 0.383 e. The van der Waals surface area contributed by atoms with Gasteiger partial charge in [0.05, 0.1) is 17.2 Å². The van der Waals surface area contributed by atoms with E-state index in [1.807, 2.05) is 18.4 Å². The van der Waals surface area contributed by atoms with Crippen LogP contribution in [-0.2, 0) is 4.74 Å². The van der Waals surface area contributed by atoms with Gasteiger partial charge in [-0.05, 0) is 13.8 Å². The van der Waals surface area contributed by atoms with Crippen molar-refractivity contribution in [3.05, 3.63) is 39.3 Å². The molecule has 0 bridgehead atoms. The van der Waals surface area contributed by atoms with Crippen LogP contribution in [0.25, 0.3) is 11.3 Å². The molecule has 1 aromatic carbocycles. The molecule has 7 heteroatoms. The van der Waals surface area contributed by atoms with Crippen LogP contribution < -0.4 is 5.32 Å². The van der Waals surface area contributed by atoms with Crippen LogP contribution in [0.15, 0.2) is 23.6 Å². The topological polar surface area (TPSA) is 77.3 Å². The van der Waals surface area contributed by atoms with E-state index in [0.29, 0.717) is 12.2 Å². The molecule has 0 aliphatic carbocycles. The van der Waals surface area contributed by atoms with Crippen LogP contribution >= 0.6 is 11.3 Å². The van der Waals surface area contributed by atoms with Crippen LogP contribution in [0.2, 0.25) is 0 Å². The van der Waals surface area contributed by atoms with Crippen molar-refractivity contribution in [1.29, 1.82) is 0 Å². The molecule has 1 heterocycles. The minimum Gasteiger partial charge on any atom is -0.383 e. The second-order valence-electron chi connectivity index (χ2n) is 4.80. The number of nitrogens with zero attached hydrogens (tertiary/aromatic N) is 2. The van der Waals surface area contributed by atoms with Gasteiger partial charge < -0.3 is 10.1 Å². The fourth-order valence-electron chi connectivity index (χ4n) is 1.94. The molecule has 21 heavy (non-hydrogen) atoms. The van der Waals surface area contributed by atoms with E-state index >= 15 is 0 Å². The number of hydrogen-bond donors (Lipinski definition) is 1. The summed E-state index contributed by atoms with van der Waals surface area (Å²) < 4.78 is 5.06. The van der Waals surface area contributed by atoms with Crippen molar-refractivity contribution in [3.63, 3.8) is 0 Å². The SMILES string of the molecule is COC[C@H](C)Nc1nc(-c2ccc(C)c([N+](=O)[O-])c2)cs1. The van der Waals surface area contributed by atoms with Crippen molar-refractivity contribution >= 4 is 22.2 Å². The van der Waals surface area contributed by atoms with Crippen molar-refractivity contribution in [2.45, 2.75) is 19.9 Å². The third-order valence-corrected chi connectivity index (χ3v) is 3.77. The maximum Gasteiger partial charge on any atom is 0.272 e. The maximum atomic E-state index is 11.0. The first-order valence-electron chi connectivity index (χ1n) is 6.47. The van der Waals surface area contributed by atoms with Crippen LogP contribution in [-0.4, -0.2) is 29.7 Å². The predicted octanol–water partition coefficient (Wildman–Crippen LogP) is 3.47. The third-order valence-electron chi connectivity index (χ3n) is 2.99. The quantitative estimate of drug-likeness (QED) is 0.653. The highest BCUT2D eigenvalue weighted by atomic mass is 32.1. The Labute approximate surface area is 126 Å². The van der Waals surface area contributed by atoms with Gasteiger partial charge in [-0.1, -0.05) is 12.1 Å². The van der Waals surface area contributed by atoms with Crippen LogP contribution in [0.3, 0.4) is 0 Å². The van der Waals surface area contributed by atoms with E-state index in [4.69, 9.17) is 4.74 Å². The lowest BCUT2D eigenvalue weighted by Gasteiger charge is -2.10. The number of hydrogen-bond acceptors (Lipinski definition) is 6. The fourth-order valence-corrected chi connectivity index (χ4v) is 2.77. The van der Waals surface area contributed by atoms with E-state index in [9.17, 15) is 10.1 Å². The van der Waals surface area contributed by atoms with Gasteiger partial charge in [0.15, 0.2) is 5.13 Å². The predicted molar refractivity (Wildman–Crippen MR) is 83.9 cm³/mol. The van der Waals surface area contributed by atoms with E-state index in [0.717, 1.165) is 16.4 Å². The van der Waals surface area contributed by atoms with Crippen LogP contribution in [0, 0.1) is 17.0 Å². The number of benzene rings is 1. The molecule has 2 rings (SSSR count). The number of nitro groups is 1. The van der Waals surface area contributed by atoms with Gasteiger partial charge in [-0.15, -0.1) is 11.3 Å². The molecule has 1 aromatic heterocycles. The molecule has 6 nitrogen and oxygen atoms in total. The molecule has 0 saturated carbocycles. The zero-order valence-electron chi connectivity index (χ0n) is 12.1. The van der Waals surface area contributed by atoms with Crippen molar-refractivity contribution in [2.24, 2.45) is 0 Å². The summed E-state index contributed by atoms with van der Waals surface area (Å²) in [6, 6.07) is 5.31. The van der Waals surface area contributed by atoms with Gasteiger partial charge in [-0.3, -0.25) is 10.1 Å². The standard InChI is InChI=1S/C14H17N3O3S/c1-9-4-5-11(6-13(9)17(18)19)12-8-21-14(16-12)15-10(2)7-20-3/h4-6,8,10H,7H2,1-3H3,(H,15,16)/t10-/m0/s1. The van der Waals surface area contributed by atoms with E-state index < -0.39 is 0 Å². The second-order valence-corrected chi connectivity index (χ2v) is 5.66. The lowest BCUT2D eigenvalue weighted by Crippen LogP contribution is -2.20. The average molecular weight is 307 g/mol. The summed E-state index contributed by atoms with van der Waals surface area (Å²) in [5.41, 5.74) is 2.24. The molecule has 2 aromatic rings. The summed E-state index contributed by atoms with van der Waals surface area (Å²) in [6.07, 6.45) is 0. The molecule has 0 fully saturated rings. The van der Waals surface area contributed by atoms with E-state index in [1.54, 1.807) is 26.2 Å². The van der Waals surface area contributed by atoms with Crippen molar-refractivity contribution in [3.8, 4) is 11.3 Å². The summed E-state index contributed by atoms with van der Waals surface area (Å²) in [5, 5.41) is 16.9. The van der Waals surface area contributed by atoms with Gasteiger partial charge in [0.25, 0.3) is 5.69 Å². The monoisotopic (exact) mass is 307 g/mol. The van der Waals surface area contributed by atoms with E-state index in [1.165, 1.54) is 11.3 Å². The van der Waals surface area contributed by atoms with E-state index in [2.05, 4.69) is 10.3 Å². The summed E-state index contributed by atoms with van der Waals surface area (Å²) in [7, 11) is 1.65. The molecule has 0 radical (unpaired) electrons. The number of nitro benzene ring substituents is 1. The highest BCUT2D eigenvalue weighted by molar-refractivity contribution is 7.14. The minimum absolute atomic E-state index is 0.114. The Hall–Kier alpha value is -1.99. The second kappa shape index (κ2) is 6.64. The molecular weight excluding hydrogens is 290 g/mol. The highest BCUT2D eigenvalue weighted by Gasteiger charge is 2.14. The summed E-state index contributed by atoms with van der Waals surface area (Å²) in [6.45, 7) is 4.31. The van der Waals surface area contributed by atoms with Crippen LogP contribution in [0.5, 0.6) is 0 Å². The smallest absolute Gasteiger partial charge is 0.272 e. The number of nitrogens with one attached hydrogen (secondary N) is 1. The first kappa shape index (κ1) is 15.4. The number of aromatic nitrogens is 1. The normalized spacial score (nSPS) is 12.1. The van der Waals surface area contributed by atoms with Crippen molar-refractivity contribution in [1.82, 2.24) is 4.98 Å². The maximum absolute atomic E-state index is 11.0. The van der Waals surface area contributed by atoms with E-state index in [-0.39, 0.29) is 16.7 Å². The molecule has 0 saturated heterocycles. The number of rotatable bonds is 6. The zero-order valence-corrected chi connectivity index (χ0v) is 12.9. The van der Waals surface area contributed by atoms with Gasteiger partial charge in [-0.2, -0.15) is 0 Å². The molecule has 0 spiro atoms. The Balaban J connectivity index is 2.21. The number of ether oxygens (including phenoxy) is 1. The van der Waals surface area contributed by atoms with Gasteiger partial charge in [0.2, 0.25) is 0 Å². The molecule has 1 N–H and O–H groups in total. The Kier molecular flexibility index (Phi) is 4.87. The lowest BCUT2D eigenvalue weighted by molar-refractivity contribution is -0.385. The summed E-state index contributed by atoms with van der Waals surface area (Å²) in [5.74, 6) is 0. The third kappa shape index (κ3) is 3.77. The molecule has 0 amide bonds. The molecular formula is C14H17N3O3S. The molecule has 112 valence electrons. The highest BCUT2D eigenvalue weighted by Crippen LogP contribution is 2.29. The number of methoxy groups -OCH3 is 1. The number of aryl methyl sites for hydroxylation is 1. The van der Waals surface area contributed by atoms with Crippen LogP contribution in [0.4, 0.5) is 10.8 Å². The number of anilines is 1. The molecule has 0 unspecified atom stereocenters. The molecule has 0 aliphatic heterocycles. The lowest BCUT2D eigenvalue weighted by atomic mass is 10.1. The van der Waals surface area contributed by atoms with Gasteiger partial charge in [-0.25, -0.2) is 4.98 Å². The molecule has 1 atom stereocenters. The van der Waals surface area contributed by atoms with Crippen LogP contribution in [0.1, 0.15) is 12.5 Å². The zero-order chi connectivity index (χ0) is 15.4. The Morgan fingerprint density at radius 1 is 1.52 bits per heavy atom. The van der Waals surface area contributed by atoms with Gasteiger partial charge in [0, 0.05) is 35.7 Å². The Morgan fingerprint density at radius 3 is 2.95 bits per heavy atom. The molecule has 0 aliphatic rings. The fraction of sp³-hybridized carbons (Fsp3) is 0.357. The first-order chi connectivity index (χ1) is 10.0.